The molecule has 5 nitrogen and oxygen atoms in total. The Bertz CT molecular complexity index is 334. The second-order valence-electron chi connectivity index (χ2n) is 6.16. The Morgan fingerprint density at radius 1 is 1.20 bits per heavy atom. The van der Waals surface area contributed by atoms with E-state index in [9.17, 15) is 14.7 Å². The van der Waals surface area contributed by atoms with Crippen molar-refractivity contribution in [2.75, 3.05) is 13.1 Å². The first-order chi connectivity index (χ1) is 9.41. The van der Waals surface area contributed by atoms with Crippen molar-refractivity contribution in [2.24, 2.45) is 5.92 Å². The van der Waals surface area contributed by atoms with Crippen LogP contribution < -0.4 is 5.32 Å². The zero-order valence-electron chi connectivity index (χ0n) is 12.9. The van der Waals surface area contributed by atoms with Crippen LogP contribution in [-0.4, -0.2) is 40.6 Å². The fourth-order valence-electron chi connectivity index (χ4n) is 2.80. The summed E-state index contributed by atoms with van der Waals surface area (Å²) >= 11 is 0. The molecule has 0 aromatic heterocycles. The van der Waals surface area contributed by atoms with Gasteiger partial charge in [0.2, 0.25) is 0 Å². The molecule has 1 aliphatic carbocycles. The average molecular weight is 284 g/mol. The van der Waals surface area contributed by atoms with Crippen LogP contribution in [-0.2, 0) is 4.79 Å². The Labute approximate surface area is 121 Å². The predicted molar refractivity (Wildman–Crippen MR) is 78.7 cm³/mol. The normalized spacial score (nSPS) is 18.4. The molecule has 116 valence electrons. The zero-order valence-corrected chi connectivity index (χ0v) is 12.9. The minimum atomic E-state index is -1.07. The van der Waals surface area contributed by atoms with Crippen molar-refractivity contribution in [1.29, 1.82) is 0 Å². The van der Waals surface area contributed by atoms with Gasteiger partial charge in [0.1, 0.15) is 5.54 Å². The molecule has 0 spiro atoms. The number of hydrogen-bond donors (Lipinski definition) is 2. The predicted octanol–water partition coefficient (Wildman–Crippen LogP) is 2.85. The maximum absolute atomic E-state index is 12.4. The second-order valence-corrected chi connectivity index (χ2v) is 6.16. The summed E-state index contributed by atoms with van der Waals surface area (Å²) in [5.41, 5.74) is -1.07. The monoisotopic (exact) mass is 284 g/mol. The number of aliphatic carboxylic acids is 1. The molecule has 0 radical (unpaired) electrons. The lowest BCUT2D eigenvalue weighted by Crippen LogP contribution is -2.58. The van der Waals surface area contributed by atoms with E-state index in [1.807, 2.05) is 6.92 Å². The van der Waals surface area contributed by atoms with Gasteiger partial charge < -0.3 is 15.3 Å². The summed E-state index contributed by atoms with van der Waals surface area (Å²) in [5, 5.41) is 12.4. The fourth-order valence-corrected chi connectivity index (χ4v) is 2.80. The Kier molecular flexibility index (Phi) is 6.30. The number of amides is 2. The third-order valence-electron chi connectivity index (χ3n) is 3.97. The molecule has 1 rings (SSSR count). The van der Waals surface area contributed by atoms with Crippen LogP contribution >= 0.6 is 0 Å². The van der Waals surface area contributed by atoms with Gasteiger partial charge in [0.05, 0.1) is 0 Å². The van der Waals surface area contributed by atoms with Crippen molar-refractivity contribution in [2.45, 2.75) is 64.8 Å². The van der Waals surface area contributed by atoms with Gasteiger partial charge in [-0.05, 0) is 25.7 Å². The summed E-state index contributed by atoms with van der Waals surface area (Å²) in [5.74, 6) is -0.524. The van der Waals surface area contributed by atoms with Crippen molar-refractivity contribution >= 4 is 12.0 Å². The van der Waals surface area contributed by atoms with Gasteiger partial charge in [-0.1, -0.05) is 39.5 Å². The van der Waals surface area contributed by atoms with E-state index in [1.54, 1.807) is 4.90 Å². The van der Waals surface area contributed by atoms with Gasteiger partial charge in [0.25, 0.3) is 0 Å². The Morgan fingerprint density at radius 2 is 1.75 bits per heavy atom. The molecule has 0 saturated heterocycles. The lowest BCUT2D eigenvalue weighted by molar-refractivity contribution is -0.145. The molecular weight excluding hydrogens is 256 g/mol. The molecule has 5 heteroatoms. The van der Waals surface area contributed by atoms with Crippen LogP contribution in [0, 0.1) is 5.92 Å². The van der Waals surface area contributed by atoms with Crippen LogP contribution in [0.3, 0.4) is 0 Å². The van der Waals surface area contributed by atoms with Gasteiger partial charge in [-0.25, -0.2) is 9.59 Å². The first-order valence-electron chi connectivity index (χ1n) is 7.72. The van der Waals surface area contributed by atoms with Crippen molar-refractivity contribution in [3.63, 3.8) is 0 Å². The summed E-state index contributed by atoms with van der Waals surface area (Å²) in [6.45, 7) is 7.27. The molecule has 0 heterocycles. The van der Waals surface area contributed by atoms with E-state index in [4.69, 9.17) is 0 Å². The molecule has 0 atom stereocenters. The molecule has 2 N–H and O–H groups in total. The maximum atomic E-state index is 12.4. The van der Waals surface area contributed by atoms with E-state index in [2.05, 4.69) is 19.2 Å². The van der Waals surface area contributed by atoms with Crippen LogP contribution in [0.1, 0.15) is 59.3 Å². The van der Waals surface area contributed by atoms with Crippen LogP contribution in [0.2, 0.25) is 0 Å². The van der Waals surface area contributed by atoms with Crippen LogP contribution in [0.15, 0.2) is 0 Å². The van der Waals surface area contributed by atoms with Crippen molar-refractivity contribution in [3.8, 4) is 0 Å². The van der Waals surface area contributed by atoms with E-state index >= 15 is 0 Å². The molecule has 20 heavy (non-hydrogen) atoms. The SMILES string of the molecule is CCN(CC(C)C)C(=O)NC1(C(=O)O)CCCCCC1. The standard InChI is InChI=1S/C15H28N2O3/c1-4-17(11-12(2)3)14(20)16-15(13(18)19)9-7-5-6-8-10-15/h12H,4-11H2,1-3H3,(H,16,20)(H,18,19). The molecule has 0 aromatic carbocycles. The summed E-state index contributed by atoms with van der Waals surface area (Å²) in [4.78, 5) is 25.7. The number of urea groups is 1. The molecule has 0 unspecified atom stereocenters. The molecule has 0 aliphatic heterocycles. The smallest absolute Gasteiger partial charge is 0.329 e. The van der Waals surface area contributed by atoms with Gasteiger partial charge in [0, 0.05) is 13.1 Å². The van der Waals surface area contributed by atoms with Gasteiger partial charge in [-0.15, -0.1) is 0 Å². The van der Waals surface area contributed by atoms with E-state index in [0.717, 1.165) is 25.7 Å². The van der Waals surface area contributed by atoms with E-state index in [0.29, 0.717) is 31.8 Å². The Morgan fingerprint density at radius 3 is 2.15 bits per heavy atom. The number of hydrogen-bond acceptors (Lipinski definition) is 2. The van der Waals surface area contributed by atoms with Crippen molar-refractivity contribution in [3.05, 3.63) is 0 Å². The molecule has 0 bridgehead atoms. The topological polar surface area (TPSA) is 69.6 Å². The minimum absolute atomic E-state index is 0.245. The first kappa shape index (κ1) is 16.8. The molecule has 1 aliphatic rings. The van der Waals surface area contributed by atoms with E-state index < -0.39 is 11.5 Å². The zero-order chi connectivity index (χ0) is 15.2. The van der Waals surface area contributed by atoms with Crippen molar-refractivity contribution < 1.29 is 14.7 Å². The summed E-state index contributed by atoms with van der Waals surface area (Å²) < 4.78 is 0. The number of carbonyl (C=O) groups is 2. The summed E-state index contributed by atoms with van der Waals surface area (Å²) in [7, 11) is 0. The van der Waals surface area contributed by atoms with E-state index in [-0.39, 0.29) is 6.03 Å². The molecular formula is C15H28N2O3. The first-order valence-corrected chi connectivity index (χ1v) is 7.72. The molecule has 2 amide bonds. The molecule has 1 saturated carbocycles. The highest BCUT2D eigenvalue weighted by Crippen LogP contribution is 2.27. The molecule has 1 fully saturated rings. The van der Waals surface area contributed by atoms with Crippen LogP contribution in [0.4, 0.5) is 4.79 Å². The number of nitrogens with zero attached hydrogens (tertiary/aromatic N) is 1. The third-order valence-corrected chi connectivity index (χ3v) is 3.97. The Balaban J connectivity index is 2.78. The number of carbonyl (C=O) groups excluding carboxylic acids is 1. The van der Waals surface area contributed by atoms with E-state index in [1.165, 1.54) is 0 Å². The second kappa shape index (κ2) is 7.50. The van der Waals surface area contributed by atoms with Gasteiger partial charge >= 0.3 is 12.0 Å². The van der Waals surface area contributed by atoms with Crippen molar-refractivity contribution in [1.82, 2.24) is 10.2 Å². The fraction of sp³-hybridized carbons (Fsp3) is 0.867. The third kappa shape index (κ3) is 4.39. The number of rotatable bonds is 5. The lowest BCUT2D eigenvalue weighted by atomic mass is 9.90. The maximum Gasteiger partial charge on any atom is 0.329 e. The van der Waals surface area contributed by atoms with Gasteiger partial charge in [-0.3, -0.25) is 0 Å². The quantitative estimate of drug-likeness (QED) is 0.763. The van der Waals surface area contributed by atoms with Crippen LogP contribution in [0.5, 0.6) is 0 Å². The Hall–Kier alpha value is -1.26. The lowest BCUT2D eigenvalue weighted by Gasteiger charge is -2.33. The van der Waals surface area contributed by atoms with Gasteiger partial charge in [0.15, 0.2) is 0 Å². The highest BCUT2D eigenvalue weighted by molar-refractivity contribution is 5.86. The highest BCUT2D eigenvalue weighted by Gasteiger charge is 2.40. The number of nitrogens with one attached hydrogen (secondary N) is 1. The number of carboxylic acid groups (broad SMARTS) is 1. The minimum Gasteiger partial charge on any atom is -0.480 e. The average Bonchev–Trinajstić information content (AvgIpc) is 2.62. The van der Waals surface area contributed by atoms with Gasteiger partial charge in [-0.2, -0.15) is 0 Å². The highest BCUT2D eigenvalue weighted by atomic mass is 16.4. The largest absolute Gasteiger partial charge is 0.480 e. The van der Waals surface area contributed by atoms with Crippen LogP contribution in [0.25, 0.3) is 0 Å². The number of carboxylic acids is 1. The summed E-state index contributed by atoms with van der Waals surface area (Å²) in [6.07, 6.45) is 4.90. The summed E-state index contributed by atoms with van der Waals surface area (Å²) in [6, 6.07) is -0.245. The molecule has 0 aromatic rings.